The van der Waals surface area contributed by atoms with Crippen LogP contribution >= 0.6 is 11.6 Å². The van der Waals surface area contributed by atoms with Gasteiger partial charge in [-0.15, -0.1) is 10.2 Å². The molecule has 9 heteroatoms. The van der Waals surface area contributed by atoms with Crippen molar-refractivity contribution in [2.24, 2.45) is 0 Å². The lowest BCUT2D eigenvalue weighted by molar-refractivity contribution is -0.147. The highest BCUT2D eigenvalue weighted by atomic mass is 35.5. The summed E-state index contributed by atoms with van der Waals surface area (Å²) in [5.41, 5.74) is 0.944. The highest BCUT2D eigenvalue weighted by Crippen LogP contribution is 2.17. The Kier molecular flexibility index (Phi) is 5.56. The van der Waals surface area contributed by atoms with E-state index in [1.807, 2.05) is 0 Å². The van der Waals surface area contributed by atoms with Crippen molar-refractivity contribution >= 4 is 23.4 Å². The molecular weight excluding hydrogens is 375 g/mol. The van der Waals surface area contributed by atoms with E-state index in [1.54, 1.807) is 24.3 Å². The van der Waals surface area contributed by atoms with Crippen LogP contribution in [0.5, 0.6) is 0 Å². The third-order valence-corrected chi connectivity index (χ3v) is 3.88. The monoisotopic (exact) mass is 388 g/mol. The highest BCUT2D eigenvalue weighted by molar-refractivity contribution is 6.30. The Bertz CT molecular complexity index is 957. The van der Waals surface area contributed by atoms with Gasteiger partial charge >= 0.3 is 5.97 Å². The minimum atomic E-state index is -1.03. The quantitative estimate of drug-likeness (QED) is 0.476. The van der Waals surface area contributed by atoms with E-state index in [-0.39, 0.29) is 12.1 Å². The summed E-state index contributed by atoms with van der Waals surface area (Å²) in [5.74, 6) is -1.25. The number of nitrogens with zero attached hydrogens (tertiary/aromatic N) is 4. The molecule has 3 rings (SSSR count). The van der Waals surface area contributed by atoms with Crippen LogP contribution in [-0.4, -0.2) is 38.1 Å². The van der Waals surface area contributed by atoms with Gasteiger partial charge in [-0.2, -0.15) is 4.80 Å². The lowest BCUT2D eigenvalue weighted by Gasteiger charge is -2.11. The lowest BCUT2D eigenvalue weighted by atomic mass is 10.1. The first-order valence-electron chi connectivity index (χ1n) is 7.95. The summed E-state index contributed by atoms with van der Waals surface area (Å²) in [6, 6.07) is 11.8. The first kappa shape index (κ1) is 18.7. The predicted molar refractivity (Wildman–Crippen MR) is 94.5 cm³/mol. The summed E-state index contributed by atoms with van der Waals surface area (Å²) < 4.78 is 18.0. The number of carbonyl (C=O) groups excluding carboxylic acids is 2. The molecule has 1 heterocycles. The van der Waals surface area contributed by atoms with Gasteiger partial charge in [-0.05, 0) is 60.7 Å². The third kappa shape index (κ3) is 4.73. The second-order valence-corrected chi connectivity index (χ2v) is 6.09. The number of ether oxygens (including phenoxy) is 1. The van der Waals surface area contributed by atoms with Gasteiger partial charge in [0.15, 0.2) is 12.6 Å². The van der Waals surface area contributed by atoms with Crippen LogP contribution in [0.3, 0.4) is 0 Å². The smallest absolute Gasteiger partial charge is 0.330 e. The molecule has 0 saturated heterocycles. The topological polar surface area (TPSA) is 87.0 Å². The number of tetrazole rings is 1. The number of benzene rings is 2. The first-order chi connectivity index (χ1) is 12.9. The zero-order valence-electron chi connectivity index (χ0n) is 14.2. The van der Waals surface area contributed by atoms with Crippen molar-refractivity contribution in [3.63, 3.8) is 0 Å². The zero-order chi connectivity index (χ0) is 19.4. The van der Waals surface area contributed by atoms with Crippen LogP contribution in [0.15, 0.2) is 48.5 Å². The molecule has 1 aromatic heterocycles. The maximum atomic E-state index is 12.9. The van der Waals surface area contributed by atoms with Gasteiger partial charge < -0.3 is 4.74 Å². The molecule has 27 heavy (non-hydrogen) atoms. The molecule has 0 fully saturated rings. The number of halogens is 2. The summed E-state index contributed by atoms with van der Waals surface area (Å²) in [4.78, 5) is 25.3. The Hall–Kier alpha value is -3.13. The second kappa shape index (κ2) is 8.05. The Morgan fingerprint density at radius 1 is 1.15 bits per heavy atom. The minimum Gasteiger partial charge on any atom is -0.453 e. The Morgan fingerprint density at radius 3 is 2.48 bits per heavy atom. The van der Waals surface area contributed by atoms with Crippen LogP contribution in [0.2, 0.25) is 5.02 Å². The van der Waals surface area contributed by atoms with Crippen molar-refractivity contribution < 1.29 is 18.7 Å². The average Bonchev–Trinajstić information content (AvgIpc) is 3.10. The number of Topliss-reactive ketones (excluding diaryl/α,β-unsaturated/α-hetero) is 1. The van der Waals surface area contributed by atoms with Crippen LogP contribution < -0.4 is 0 Å². The second-order valence-electron chi connectivity index (χ2n) is 5.65. The fraction of sp³-hybridized carbons (Fsp3) is 0.167. The highest BCUT2D eigenvalue weighted by Gasteiger charge is 2.20. The molecule has 3 aromatic rings. The molecule has 1 atom stereocenters. The fourth-order valence-electron chi connectivity index (χ4n) is 2.28. The summed E-state index contributed by atoms with van der Waals surface area (Å²) in [5, 5.41) is 12.3. The number of esters is 1. The standard InChI is InChI=1S/C18H14ClFN4O3/c1-11(17(26)12-4-8-15(20)9-5-12)27-16(25)10-24-22-18(21-23-24)13-2-6-14(19)7-3-13/h2-9,11H,10H2,1H3/t11-/m0/s1. The average molecular weight is 389 g/mol. The molecule has 0 N–H and O–H groups in total. The van der Waals surface area contributed by atoms with Crippen molar-refractivity contribution in [1.29, 1.82) is 0 Å². The number of rotatable bonds is 6. The number of hydrogen-bond donors (Lipinski definition) is 0. The van der Waals surface area contributed by atoms with E-state index in [0.717, 1.165) is 4.80 Å². The molecule has 0 unspecified atom stereocenters. The summed E-state index contributed by atoms with van der Waals surface area (Å²) in [6.07, 6.45) is -1.03. The van der Waals surface area contributed by atoms with E-state index in [9.17, 15) is 14.0 Å². The van der Waals surface area contributed by atoms with Crippen LogP contribution in [0.25, 0.3) is 11.4 Å². The van der Waals surface area contributed by atoms with E-state index >= 15 is 0 Å². The number of aromatic nitrogens is 4. The maximum absolute atomic E-state index is 12.9. The van der Waals surface area contributed by atoms with Crippen LogP contribution in [0, 0.1) is 5.82 Å². The minimum absolute atomic E-state index is 0.251. The molecule has 138 valence electrons. The number of hydrogen-bond acceptors (Lipinski definition) is 6. The SMILES string of the molecule is C[C@H](OC(=O)Cn1nnc(-c2ccc(Cl)cc2)n1)C(=O)c1ccc(F)cc1. The van der Waals surface area contributed by atoms with Crippen LogP contribution in [-0.2, 0) is 16.1 Å². The van der Waals surface area contributed by atoms with Crippen molar-refractivity contribution in [2.75, 3.05) is 0 Å². The molecule has 7 nitrogen and oxygen atoms in total. The van der Waals surface area contributed by atoms with Crippen molar-refractivity contribution in [1.82, 2.24) is 20.2 Å². The van der Waals surface area contributed by atoms with Crippen molar-refractivity contribution in [3.8, 4) is 11.4 Å². The number of ketones is 1. The Labute approximate surface area is 158 Å². The predicted octanol–water partition coefficient (Wildman–Crippen LogP) is 2.95. The largest absolute Gasteiger partial charge is 0.453 e. The fourth-order valence-corrected chi connectivity index (χ4v) is 2.40. The molecule has 0 saturated carbocycles. The van der Waals surface area contributed by atoms with Crippen LogP contribution in [0.4, 0.5) is 4.39 Å². The molecule has 0 aliphatic rings. The normalized spacial score (nSPS) is 11.8. The maximum Gasteiger partial charge on any atom is 0.330 e. The zero-order valence-corrected chi connectivity index (χ0v) is 14.9. The Balaban J connectivity index is 1.59. The molecule has 0 aliphatic heterocycles. The molecule has 0 spiro atoms. The molecule has 0 amide bonds. The summed E-state index contributed by atoms with van der Waals surface area (Å²) >= 11 is 5.83. The van der Waals surface area contributed by atoms with E-state index in [0.29, 0.717) is 16.4 Å². The molecule has 0 aliphatic carbocycles. The van der Waals surface area contributed by atoms with Crippen molar-refractivity contribution in [3.05, 3.63) is 64.9 Å². The van der Waals surface area contributed by atoms with E-state index < -0.39 is 23.7 Å². The van der Waals surface area contributed by atoms with Gasteiger partial charge in [0, 0.05) is 16.1 Å². The first-order valence-corrected chi connectivity index (χ1v) is 8.33. The number of carbonyl (C=O) groups is 2. The van der Waals surface area contributed by atoms with Gasteiger partial charge in [0.05, 0.1) is 0 Å². The lowest BCUT2D eigenvalue weighted by Crippen LogP contribution is -2.27. The van der Waals surface area contributed by atoms with Crippen molar-refractivity contribution in [2.45, 2.75) is 19.6 Å². The van der Waals surface area contributed by atoms with Gasteiger partial charge in [-0.25, -0.2) is 9.18 Å². The van der Waals surface area contributed by atoms with Gasteiger partial charge in [0.2, 0.25) is 11.6 Å². The molecule has 0 radical (unpaired) electrons. The molecule has 0 bridgehead atoms. The molecule has 2 aromatic carbocycles. The van der Waals surface area contributed by atoms with Gasteiger partial charge in [-0.1, -0.05) is 11.6 Å². The van der Waals surface area contributed by atoms with E-state index in [1.165, 1.54) is 31.2 Å². The van der Waals surface area contributed by atoms with Gasteiger partial charge in [0.25, 0.3) is 0 Å². The van der Waals surface area contributed by atoms with Gasteiger partial charge in [-0.3, -0.25) is 4.79 Å². The summed E-state index contributed by atoms with van der Waals surface area (Å²) in [6.45, 7) is 1.14. The Morgan fingerprint density at radius 2 is 1.81 bits per heavy atom. The summed E-state index contributed by atoms with van der Waals surface area (Å²) in [7, 11) is 0. The van der Waals surface area contributed by atoms with Crippen LogP contribution in [0.1, 0.15) is 17.3 Å². The molecular formula is C18H14ClFN4O3. The third-order valence-electron chi connectivity index (χ3n) is 3.63. The van der Waals surface area contributed by atoms with E-state index in [4.69, 9.17) is 16.3 Å². The van der Waals surface area contributed by atoms with Gasteiger partial charge in [0.1, 0.15) is 5.82 Å². The van der Waals surface area contributed by atoms with E-state index in [2.05, 4.69) is 15.4 Å².